The van der Waals surface area contributed by atoms with Crippen molar-refractivity contribution in [3.05, 3.63) is 57.1 Å². The second kappa shape index (κ2) is 6.31. The SMILES string of the molecule is CC(C)Cc1cc(=S)nc(Cc2ccccc2Cl)[nH]1. The van der Waals surface area contributed by atoms with E-state index in [2.05, 4.69) is 23.8 Å². The summed E-state index contributed by atoms with van der Waals surface area (Å²) < 4.78 is 0.636. The van der Waals surface area contributed by atoms with Crippen molar-refractivity contribution >= 4 is 23.8 Å². The summed E-state index contributed by atoms with van der Waals surface area (Å²) in [6.45, 7) is 4.37. The molecule has 0 radical (unpaired) electrons. The van der Waals surface area contributed by atoms with E-state index < -0.39 is 0 Å². The maximum absolute atomic E-state index is 6.17. The van der Waals surface area contributed by atoms with E-state index in [0.717, 1.165) is 28.5 Å². The van der Waals surface area contributed by atoms with Gasteiger partial charge in [0.1, 0.15) is 10.5 Å². The fraction of sp³-hybridized carbons (Fsp3) is 0.333. The Hall–Kier alpha value is -1.19. The molecule has 1 N–H and O–H groups in total. The van der Waals surface area contributed by atoms with Gasteiger partial charge in [0.25, 0.3) is 0 Å². The minimum atomic E-state index is 0.584. The molecule has 0 unspecified atom stereocenters. The predicted octanol–water partition coefficient (Wildman–Crippen LogP) is 4.58. The fourth-order valence-corrected chi connectivity index (χ4v) is 2.47. The van der Waals surface area contributed by atoms with Gasteiger partial charge in [-0.15, -0.1) is 0 Å². The Morgan fingerprint density at radius 1 is 1.32 bits per heavy atom. The Bertz CT molecular complexity index is 620. The number of nitrogens with one attached hydrogen (secondary N) is 1. The third-order valence-electron chi connectivity index (χ3n) is 2.79. The van der Waals surface area contributed by atoms with Crippen LogP contribution in [0.2, 0.25) is 5.02 Å². The molecule has 2 nitrogen and oxygen atoms in total. The van der Waals surface area contributed by atoms with Gasteiger partial charge in [-0.1, -0.05) is 55.9 Å². The number of rotatable bonds is 4. The van der Waals surface area contributed by atoms with Gasteiger partial charge in [-0.3, -0.25) is 0 Å². The van der Waals surface area contributed by atoms with Crippen molar-refractivity contribution in [3.8, 4) is 0 Å². The van der Waals surface area contributed by atoms with E-state index in [1.165, 1.54) is 0 Å². The van der Waals surface area contributed by atoms with E-state index in [1.54, 1.807) is 0 Å². The minimum Gasteiger partial charge on any atom is -0.347 e. The van der Waals surface area contributed by atoms with Gasteiger partial charge in [0.15, 0.2) is 0 Å². The summed E-state index contributed by atoms with van der Waals surface area (Å²) in [6, 6.07) is 9.75. The van der Waals surface area contributed by atoms with Crippen LogP contribution in [0.4, 0.5) is 0 Å². The van der Waals surface area contributed by atoms with Crippen LogP contribution in [0.1, 0.15) is 30.9 Å². The lowest BCUT2D eigenvalue weighted by molar-refractivity contribution is 0.630. The molecule has 1 aromatic heterocycles. The van der Waals surface area contributed by atoms with Crippen molar-refractivity contribution in [1.29, 1.82) is 0 Å². The lowest BCUT2D eigenvalue weighted by atomic mass is 10.1. The molecule has 0 aliphatic heterocycles. The number of halogens is 1. The van der Waals surface area contributed by atoms with Crippen LogP contribution < -0.4 is 0 Å². The highest BCUT2D eigenvalue weighted by Crippen LogP contribution is 2.17. The summed E-state index contributed by atoms with van der Waals surface area (Å²) in [6.07, 6.45) is 1.65. The van der Waals surface area contributed by atoms with Crippen molar-refractivity contribution in [3.63, 3.8) is 0 Å². The second-order valence-corrected chi connectivity index (χ2v) is 5.88. The van der Waals surface area contributed by atoms with E-state index in [-0.39, 0.29) is 0 Å². The molecule has 0 saturated carbocycles. The van der Waals surface area contributed by atoms with Crippen LogP contribution in [0.3, 0.4) is 0 Å². The minimum absolute atomic E-state index is 0.584. The molecule has 19 heavy (non-hydrogen) atoms. The van der Waals surface area contributed by atoms with E-state index in [0.29, 0.717) is 17.0 Å². The van der Waals surface area contributed by atoms with Crippen molar-refractivity contribution in [1.82, 2.24) is 9.97 Å². The Kier molecular flexibility index (Phi) is 4.72. The first-order valence-corrected chi connectivity index (χ1v) is 7.15. The Morgan fingerprint density at radius 3 is 2.74 bits per heavy atom. The summed E-state index contributed by atoms with van der Waals surface area (Å²) in [5.74, 6) is 1.46. The van der Waals surface area contributed by atoms with Crippen molar-refractivity contribution in [2.45, 2.75) is 26.7 Å². The number of benzene rings is 1. The summed E-state index contributed by atoms with van der Waals surface area (Å²) in [5, 5.41) is 0.762. The highest BCUT2D eigenvalue weighted by atomic mass is 35.5. The quantitative estimate of drug-likeness (QED) is 0.836. The van der Waals surface area contributed by atoms with Gasteiger partial charge in [-0.2, -0.15) is 0 Å². The molecular weight excluding hydrogens is 276 g/mol. The molecule has 0 bridgehead atoms. The molecule has 1 aromatic carbocycles. The van der Waals surface area contributed by atoms with Crippen molar-refractivity contribution in [2.75, 3.05) is 0 Å². The predicted molar refractivity (Wildman–Crippen MR) is 82.2 cm³/mol. The molecule has 1 heterocycles. The first-order chi connectivity index (χ1) is 9.04. The van der Waals surface area contributed by atoms with E-state index >= 15 is 0 Å². The number of H-pyrrole nitrogens is 1. The monoisotopic (exact) mass is 292 g/mol. The molecule has 2 aromatic rings. The second-order valence-electron chi connectivity index (χ2n) is 5.06. The molecule has 0 spiro atoms. The first-order valence-electron chi connectivity index (χ1n) is 6.37. The molecular formula is C15H17ClN2S. The lowest BCUT2D eigenvalue weighted by Crippen LogP contribution is -2.04. The number of nitrogens with zero attached hydrogens (tertiary/aromatic N) is 1. The third kappa shape index (κ3) is 4.15. The average molecular weight is 293 g/mol. The molecule has 0 aliphatic rings. The number of aromatic nitrogens is 2. The van der Waals surface area contributed by atoms with Crippen LogP contribution >= 0.6 is 23.8 Å². The van der Waals surface area contributed by atoms with Crippen molar-refractivity contribution in [2.24, 2.45) is 5.92 Å². The maximum atomic E-state index is 6.17. The normalized spacial score (nSPS) is 10.9. The van der Waals surface area contributed by atoms with Crippen molar-refractivity contribution < 1.29 is 0 Å². The average Bonchev–Trinajstić information content (AvgIpc) is 2.30. The zero-order chi connectivity index (χ0) is 13.8. The molecule has 0 amide bonds. The number of hydrogen-bond donors (Lipinski definition) is 1. The zero-order valence-corrected chi connectivity index (χ0v) is 12.7. The number of aromatic amines is 1. The zero-order valence-electron chi connectivity index (χ0n) is 11.1. The van der Waals surface area contributed by atoms with Crippen LogP contribution in [-0.2, 0) is 12.8 Å². The fourth-order valence-electron chi connectivity index (χ4n) is 2.02. The van der Waals surface area contributed by atoms with E-state index in [4.69, 9.17) is 23.8 Å². The van der Waals surface area contributed by atoms with Gasteiger partial charge >= 0.3 is 0 Å². The smallest absolute Gasteiger partial charge is 0.130 e. The molecule has 100 valence electrons. The van der Waals surface area contributed by atoms with Crippen LogP contribution in [0.15, 0.2) is 30.3 Å². The van der Waals surface area contributed by atoms with E-state index in [9.17, 15) is 0 Å². The molecule has 0 aliphatic carbocycles. The van der Waals surface area contributed by atoms with Crippen LogP contribution in [0, 0.1) is 10.6 Å². The molecule has 0 saturated heterocycles. The molecule has 0 fully saturated rings. The third-order valence-corrected chi connectivity index (χ3v) is 3.37. The summed E-state index contributed by atoms with van der Waals surface area (Å²) in [5.41, 5.74) is 2.20. The standard InChI is InChI=1S/C15H17ClN2S/c1-10(2)7-12-9-15(19)18-14(17-12)8-11-5-3-4-6-13(11)16/h3-6,9-10H,7-8H2,1-2H3,(H,17,18,19). The Balaban J connectivity index is 2.28. The largest absolute Gasteiger partial charge is 0.347 e. The van der Waals surface area contributed by atoms with Gasteiger partial charge in [-0.25, -0.2) is 4.98 Å². The first kappa shape index (κ1) is 14.2. The van der Waals surface area contributed by atoms with Crippen LogP contribution in [0.25, 0.3) is 0 Å². The lowest BCUT2D eigenvalue weighted by Gasteiger charge is -2.09. The van der Waals surface area contributed by atoms with Gasteiger partial charge in [-0.05, 0) is 30.0 Å². The highest BCUT2D eigenvalue weighted by molar-refractivity contribution is 7.71. The summed E-state index contributed by atoms with van der Waals surface area (Å²) in [7, 11) is 0. The van der Waals surface area contributed by atoms with Gasteiger partial charge in [0, 0.05) is 17.1 Å². The van der Waals surface area contributed by atoms with E-state index in [1.807, 2.05) is 30.3 Å². The molecule has 2 rings (SSSR count). The molecule has 0 atom stereocenters. The van der Waals surface area contributed by atoms with Crippen LogP contribution in [-0.4, -0.2) is 9.97 Å². The van der Waals surface area contributed by atoms with Crippen LogP contribution in [0.5, 0.6) is 0 Å². The molecule has 4 heteroatoms. The highest BCUT2D eigenvalue weighted by Gasteiger charge is 2.05. The summed E-state index contributed by atoms with van der Waals surface area (Å²) >= 11 is 11.4. The Morgan fingerprint density at radius 2 is 2.05 bits per heavy atom. The van der Waals surface area contributed by atoms with Gasteiger partial charge in [0.2, 0.25) is 0 Å². The topological polar surface area (TPSA) is 28.7 Å². The maximum Gasteiger partial charge on any atom is 0.130 e. The van der Waals surface area contributed by atoms with Gasteiger partial charge in [0.05, 0.1) is 0 Å². The summed E-state index contributed by atoms with van der Waals surface area (Å²) in [4.78, 5) is 7.73. The Labute approximate surface area is 123 Å². The van der Waals surface area contributed by atoms with Gasteiger partial charge < -0.3 is 4.98 Å². The number of hydrogen-bond acceptors (Lipinski definition) is 2.